The van der Waals surface area contributed by atoms with Gasteiger partial charge in [-0.1, -0.05) is 46.8 Å². The molecule has 4 N–H and O–H groups in total. The Balaban J connectivity index is 2.06. The van der Waals surface area contributed by atoms with Crippen molar-refractivity contribution >= 4 is 29.2 Å². The van der Waals surface area contributed by atoms with Crippen LogP contribution in [0.4, 0.5) is 4.79 Å². The zero-order valence-electron chi connectivity index (χ0n) is 20.6. The highest BCUT2D eigenvalue weighted by Crippen LogP contribution is 2.34. The monoisotopic (exact) mass is 468 g/mol. The number of likely N-dealkylation sites (tertiary alicyclic amines) is 1. The van der Waals surface area contributed by atoms with E-state index in [1.54, 1.807) is 0 Å². The summed E-state index contributed by atoms with van der Waals surface area (Å²) in [6.45, 7) is 12.2. The van der Waals surface area contributed by atoms with Crippen LogP contribution in [0.3, 0.4) is 0 Å². The first kappa shape index (κ1) is 26.8. The minimum Gasteiger partial charge on any atom is -0.450 e. The number of hydrogen-bond donors (Lipinski definition) is 3. The van der Waals surface area contributed by atoms with Crippen LogP contribution in [0.2, 0.25) is 0 Å². The predicted molar refractivity (Wildman–Crippen MR) is 132 cm³/mol. The van der Waals surface area contributed by atoms with Crippen molar-refractivity contribution in [1.82, 2.24) is 15.5 Å². The molecule has 1 aliphatic carbocycles. The summed E-state index contributed by atoms with van der Waals surface area (Å²) in [5.41, 5.74) is 5.70. The lowest BCUT2D eigenvalue weighted by atomic mass is 9.74. The van der Waals surface area contributed by atoms with Crippen LogP contribution in [0.25, 0.3) is 0 Å². The van der Waals surface area contributed by atoms with Crippen molar-refractivity contribution in [1.29, 1.82) is 0 Å². The molecule has 184 valence electrons. The molecule has 0 bridgehead atoms. The smallest absolute Gasteiger partial charge is 0.407 e. The average molecular weight is 469 g/mol. The van der Waals surface area contributed by atoms with Gasteiger partial charge in [-0.15, -0.1) is 0 Å². The quantitative estimate of drug-likeness (QED) is 0.448. The fraction of sp³-hybridized carbons (Fsp3) is 0.875. The molecule has 1 saturated heterocycles. The van der Waals surface area contributed by atoms with Crippen LogP contribution in [0, 0.1) is 17.3 Å². The van der Waals surface area contributed by atoms with E-state index in [-0.39, 0.29) is 23.3 Å². The molecular formula is C24H44N4O3S. The number of carbonyl (C=O) groups is 2. The van der Waals surface area contributed by atoms with Gasteiger partial charge in [0.25, 0.3) is 0 Å². The third-order valence-electron chi connectivity index (χ3n) is 7.47. The van der Waals surface area contributed by atoms with Crippen LogP contribution in [0.15, 0.2) is 0 Å². The van der Waals surface area contributed by atoms with Crippen LogP contribution in [-0.4, -0.2) is 59.7 Å². The van der Waals surface area contributed by atoms with Gasteiger partial charge in [-0.3, -0.25) is 4.79 Å². The van der Waals surface area contributed by atoms with Crippen molar-refractivity contribution in [2.24, 2.45) is 23.0 Å². The van der Waals surface area contributed by atoms with Crippen molar-refractivity contribution in [2.45, 2.75) is 97.7 Å². The van der Waals surface area contributed by atoms with E-state index in [0.29, 0.717) is 30.1 Å². The Kier molecular flexibility index (Phi) is 10.2. The standard InChI is InChI=1S/C24H44N4O3S/c1-6-14-31-23(30)27-20(24(4,5)16(2)3)22(32)28-13-7-8-19(28)21(29)26-15-17-9-11-18(25)12-10-17/h16-20H,6-15,25H2,1-5H3,(H,26,29)(H,27,30)/t17?,18?,19-,20+/m0/s1. The van der Waals surface area contributed by atoms with Gasteiger partial charge in [0.05, 0.1) is 12.6 Å². The zero-order chi connectivity index (χ0) is 23.9. The molecule has 0 aromatic carbocycles. The van der Waals surface area contributed by atoms with E-state index in [2.05, 4.69) is 38.3 Å². The SMILES string of the molecule is CCCOC(=O)N[C@H](C(=S)N1CCC[C@H]1C(=O)NCC1CCC(N)CC1)C(C)(C)C(C)C. The lowest BCUT2D eigenvalue weighted by molar-refractivity contribution is -0.124. The van der Waals surface area contributed by atoms with Crippen molar-refractivity contribution in [3.05, 3.63) is 0 Å². The van der Waals surface area contributed by atoms with Gasteiger partial charge in [0.15, 0.2) is 0 Å². The van der Waals surface area contributed by atoms with Gasteiger partial charge in [0.1, 0.15) is 11.0 Å². The van der Waals surface area contributed by atoms with Gasteiger partial charge in [-0.2, -0.15) is 0 Å². The van der Waals surface area contributed by atoms with Crippen LogP contribution >= 0.6 is 12.2 Å². The summed E-state index contributed by atoms with van der Waals surface area (Å²) in [5, 5.41) is 6.18. The van der Waals surface area contributed by atoms with Gasteiger partial charge in [-0.25, -0.2) is 4.79 Å². The number of amides is 2. The molecule has 1 aliphatic heterocycles. The molecule has 32 heavy (non-hydrogen) atoms. The molecule has 0 unspecified atom stereocenters. The molecule has 8 heteroatoms. The molecular weight excluding hydrogens is 424 g/mol. The second-order valence-electron chi connectivity index (χ2n) is 10.4. The van der Waals surface area contributed by atoms with E-state index < -0.39 is 12.1 Å². The molecule has 2 aliphatic rings. The van der Waals surface area contributed by atoms with Crippen LogP contribution in [0.5, 0.6) is 0 Å². The van der Waals surface area contributed by atoms with E-state index in [0.717, 1.165) is 51.5 Å². The molecule has 7 nitrogen and oxygen atoms in total. The van der Waals surface area contributed by atoms with E-state index in [4.69, 9.17) is 22.7 Å². The van der Waals surface area contributed by atoms with Gasteiger partial charge < -0.3 is 26.0 Å². The first-order valence-corrected chi connectivity index (χ1v) is 12.8. The fourth-order valence-corrected chi connectivity index (χ4v) is 5.06. The maximum Gasteiger partial charge on any atom is 0.407 e. The third kappa shape index (κ3) is 7.04. The molecule has 2 atom stereocenters. The second-order valence-corrected chi connectivity index (χ2v) is 10.8. The minimum atomic E-state index is -0.455. The van der Waals surface area contributed by atoms with Crippen LogP contribution < -0.4 is 16.4 Å². The first-order valence-electron chi connectivity index (χ1n) is 12.3. The highest BCUT2D eigenvalue weighted by Gasteiger charge is 2.42. The second kappa shape index (κ2) is 12.2. The van der Waals surface area contributed by atoms with Crippen molar-refractivity contribution in [3.8, 4) is 0 Å². The average Bonchev–Trinajstić information content (AvgIpc) is 3.24. The van der Waals surface area contributed by atoms with Gasteiger partial charge in [0.2, 0.25) is 5.91 Å². The Morgan fingerprint density at radius 3 is 2.44 bits per heavy atom. The van der Waals surface area contributed by atoms with Crippen LogP contribution in [0.1, 0.15) is 79.6 Å². The summed E-state index contributed by atoms with van der Waals surface area (Å²) in [7, 11) is 0. The molecule has 0 spiro atoms. The van der Waals surface area contributed by atoms with Gasteiger partial charge >= 0.3 is 6.09 Å². The van der Waals surface area contributed by atoms with E-state index in [1.165, 1.54) is 0 Å². The van der Waals surface area contributed by atoms with E-state index in [9.17, 15) is 9.59 Å². The number of nitrogens with one attached hydrogen (secondary N) is 2. The number of alkyl carbamates (subject to hydrolysis) is 1. The largest absolute Gasteiger partial charge is 0.450 e. The Morgan fingerprint density at radius 1 is 1.19 bits per heavy atom. The van der Waals surface area contributed by atoms with Gasteiger partial charge in [-0.05, 0) is 62.2 Å². The predicted octanol–water partition coefficient (Wildman–Crippen LogP) is 3.60. The topological polar surface area (TPSA) is 96.7 Å². The molecule has 1 heterocycles. The first-order chi connectivity index (χ1) is 15.1. The third-order valence-corrected chi connectivity index (χ3v) is 7.94. The van der Waals surface area contributed by atoms with Crippen molar-refractivity contribution in [3.63, 3.8) is 0 Å². The normalized spacial score (nSPS) is 24.8. The molecule has 0 radical (unpaired) electrons. The maximum absolute atomic E-state index is 13.1. The highest BCUT2D eigenvalue weighted by molar-refractivity contribution is 7.80. The number of thiocarbonyl (C=S) groups is 1. The van der Waals surface area contributed by atoms with E-state index >= 15 is 0 Å². The van der Waals surface area contributed by atoms with Crippen LogP contribution in [-0.2, 0) is 9.53 Å². The minimum absolute atomic E-state index is 0.0365. The zero-order valence-corrected chi connectivity index (χ0v) is 21.4. The van der Waals surface area contributed by atoms with E-state index in [1.807, 2.05) is 11.8 Å². The van der Waals surface area contributed by atoms with Crippen molar-refractivity contribution in [2.75, 3.05) is 19.7 Å². The molecule has 0 aromatic heterocycles. The highest BCUT2D eigenvalue weighted by atomic mass is 32.1. The fourth-order valence-electron chi connectivity index (χ4n) is 4.48. The Labute approximate surface area is 199 Å². The summed E-state index contributed by atoms with van der Waals surface area (Å²) < 4.78 is 5.28. The number of hydrogen-bond acceptors (Lipinski definition) is 5. The molecule has 0 aromatic rings. The molecule has 1 saturated carbocycles. The lowest BCUT2D eigenvalue weighted by Crippen LogP contribution is -2.58. The Hall–Kier alpha value is -1.41. The summed E-state index contributed by atoms with van der Waals surface area (Å²) in [4.78, 5) is 28.2. The maximum atomic E-state index is 13.1. The Bertz CT molecular complexity index is 647. The van der Waals surface area contributed by atoms with Crippen molar-refractivity contribution < 1.29 is 14.3 Å². The summed E-state index contributed by atoms with van der Waals surface area (Å²) in [5.74, 6) is 0.807. The summed E-state index contributed by atoms with van der Waals surface area (Å²) >= 11 is 5.91. The molecule has 2 amide bonds. The number of nitrogens with two attached hydrogens (primary N) is 1. The molecule has 2 fully saturated rings. The number of rotatable bonds is 9. The molecule has 2 rings (SSSR count). The number of ether oxygens (including phenoxy) is 1. The Morgan fingerprint density at radius 2 is 1.84 bits per heavy atom. The summed E-state index contributed by atoms with van der Waals surface area (Å²) in [6, 6.07) is -0.371. The lowest BCUT2D eigenvalue weighted by Gasteiger charge is -2.42. The number of nitrogens with zero attached hydrogens (tertiary/aromatic N) is 1. The van der Waals surface area contributed by atoms with Gasteiger partial charge in [0, 0.05) is 19.1 Å². The summed E-state index contributed by atoms with van der Waals surface area (Å²) in [6.07, 6.45) is 6.20. The number of carbonyl (C=O) groups excluding carboxylic acids is 2.